The first-order chi connectivity index (χ1) is 20.1. The topological polar surface area (TPSA) is 148 Å². The van der Waals surface area contributed by atoms with Crippen molar-refractivity contribution in [2.45, 2.75) is 58.6 Å². The van der Waals surface area contributed by atoms with Gasteiger partial charge in [-0.1, -0.05) is 43.3 Å². The summed E-state index contributed by atoms with van der Waals surface area (Å²) in [5.41, 5.74) is 7.13. The minimum absolute atomic E-state index is 0.106. The van der Waals surface area contributed by atoms with Crippen LogP contribution in [0.1, 0.15) is 40.3 Å². The molecule has 0 spiro atoms. The van der Waals surface area contributed by atoms with Crippen LogP contribution in [-0.2, 0) is 30.6 Å². The van der Waals surface area contributed by atoms with E-state index in [1.807, 2.05) is 47.0 Å². The van der Waals surface area contributed by atoms with Crippen LogP contribution in [-0.4, -0.2) is 57.4 Å². The Balaban J connectivity index is 1.36. The third-order valence-electron chi connectivity index (χ3n) is 6.86. The Morgan fingerprint density at radius 2 is 1.98 bits per heavy atom. The average Bonchev–Trinajstić information content (AvgIpc) is 3.53. The summed E-state index contributed by atoms with van der Waals surface area (Å²) in [7, 11) is 1.75. The van der Waals surface area contributed by atoms with Crippen molar-refractivity contribution in [3.63, 3.8) is 0 Å². The van der Waals surface area contributed by atoms with Crippen molar-refractivity contribution in [3.8, 4) is 5.75 Å². The summed E-state index contributed by atoms with van der Waals surface area (Å²) in [6.07, 6.45) is 1.45. The van der Waals surface area contributed by atoms with Gasteiger partial charge in [0.1, 0.15) is 18.0 Å². The zero-order valence-corrected chi connectivity index (χ0v) is 25.9. The highest BCUT2D eigenvalue weighted by atomic mass is 32.5. The smallest absolute Gasteiger partial charge is 0.323 e. The quantitative estimate of drug-likeness (QED) is 0.158. The number of nitrogens with zero attached hydrogens (tertiary/aromatic N) is 4. The molecule has 2 aromatic carbocycles. The molecular weight excluding hydrogens is 577 g/mol. The Hall–Kier alpha value is -3.35. The van der Waals surface area contributed by atoms with Gasteiger partial charge in [-0.2, -0.15) is 9.97 Å². The molecular formula is C28H36N7O5PS. The third-order valence-corrected chi connectivity index (χ3v) is 9.34. The number of carbonyl (C=O) groups is 1. The number of ether oxygens (including phenoxy) is 2. The fraction of sp³-hybridized carbons (Fsp3) is 0.429. The first-order valence-corrected chi connectivity index (χ1v) is 16.4. The molecule has 1 saturated heterocycles. The first-order valence-electron chi connectivity index (χ1n) is 13.8. The summed E-state index contributed by atoms with van der Waals surface area (Å²) in [4.78, 5) is 25.8. The van der Waals surface area contributed by atoms with Gasteiger partial charge in [-0.15, -0.1) is 0 Å². The lowest BCUT2D eigenvalue weighted by atomic mass is 10.1. The van der Waals surface area contributed by atoms with E-state index in [0.717, 1.165) is 10.8 Å². The van der Waals surface area contributed by atoms with Crippen molar-refractivity contribution in [1.82, 2.24) is 24.6 Å². The number of hydrogen-bond acceptors (Lipinski definition) is 11. The number of imidazole rings is 1. The SMILES string of the molecule is CNc1nc(N)nc2c1ncn2[C@@H]1O[C@H](CO[P@@](=S)(N[C@@H](C)C(=O)OC(C)C)Oc2cccc3ccccc23)C[C@@H]1C. The zero-order chi connectivity index (χ0) is 30.0. The molecule has 14 heteroatoms. The lowest BCUT2D eigenvalue weighted by Gasteiger charge is -2.28. The van der Waals surface area contributed by atoms with Crippen LogP contribution < -0.4 is 20.7 Å². The Morgan fingerprint density at radius 3 is 2.74 bits per heavy atom. The van der Waals surface area contributed by atoms with Gasteiger partial charge in [0.25, 0.3) is 0 Å². The number of rotatable bonds is 11. The number of benzene rings is 2. The van der Waals surface area contributed by atoms with Crippen LogP contribution in [0.4, 0.5) is 11.8 Å². The molecule has 1 aliphatic heterocycles. The molecule has 3 heterocycles. The minimum atomic E-state index is -3.27. The van der Waals surface area contributed by atoms with Gasteiger partial charge in [-0.3, -0.25) is 9.36 Å². The molecule has 5 rings (SSSR count). The van der Waals surface area contributed by atoms with Crippen LogP contribution in [0, 0.1) is 5.92 Å². The maximum absolute atomic E-state index is 12.7. The molecule has 4 N–H and O–H groups in total. The minimum Gasteiger partial charge on any atom is -0.462 e. The second-order valence-corrected chi connectivity index (χ2v) is 13.7. The van der Waals surface area contributed by atoms with Crippen molar-refractivity contribution in [3.05, 3.63) is 48.8 Å². The summed E-state index contributed by atoms with van der Waals surface area (Å²) in [5.74, 6) is 0.916. The van der Waals surface area contributed by atoms with E-state index in [-0.39, 0.29) is 36.9 Å². The van der Waals surface area contributed by atoms with E-state index in [1.165, 1.54) is 0 Å². The van der Waals surface area contributed by atoms with E-state index < -0.39 is 18.7 Å². The molecule has 0 aliphatic carbocycles. The van der Waals surface area contributed by atoms with Crippen LogP contribution in [0.2, 0.25) is 0 Å². The number of aromatic nitrogens is 4. The van der Waals surface area contributed by atoms with E-state index in [1.54, 1.807) is 34.1 Å². The molecule has 12 nitrogen and oxygen atoms in total. The second kappa shape index (κ2) is 12.5. The molecule has 5 atom stereocenters. The van der Waals surface area contributed by atoms with Crippen molar-refractivity contribution in [2.75, 3.05) is 24.7 Å². The van der Waals surface area contributed by atoms with Crippen LogP contribution in [0.15, 0.2) is 48.8 Å². The fourth-order valence-corrected chi connectivity index (χ4v) is 7.40. The molecule has 0 amide bonds. The first kappa shape index (κ1) is 30.1. The average molecular weight is 614 g/mol. The number of anilines is 2. The lowest BCUT2D eigenvalue weighted by Crippen LogP contribution is -2.36. The van der Waals surface area contributed by atoms with Crippen LogP contribution in [0.25, 0.3) is 21.9 Å². The predicted octanol–water partition coefficient (Wildman–Crippen LogP) is 4.78. The van der Waals surface area contributed by atoms with Gasteiger partial charge in [-0.05, 0) is 50.5 Å². The Bertz CT molecular complexity index is 1630. The van der Waals surface area contributed by atoms with Crippen LogP contribution >= 0.6 is 6.64 Å². The molecule has 1 fully saturated rings. The van der Waals surface area contributed by atoms with Gasteiger partial charge in [0.2, 0.25) is 5.95 Å². The molecule has 2 aromatic heterocycles. The standard InChI is InChI=1S/C28H36N7O5PS/c1-16(2)38-27(36)18(4)34-41(42,40-22-12-8-10-19-9-6-7-11-21(19)22)37-14-20-13-17(3)26(39-20)35-15-31-23-24(30-5)32-28(29)33-25(23)35/h6-12,15-18,20,26H,13-14H2,1-5H3,(H,34,42)(H3,29,30,32,33)/t17-,18-,20-,26+,41-/m0/s1. The number of hydrogen-bond donors (Lipinski definition) is 3. The summed E-state index contributed by atoms with van der Waals surface area (Å²) in [6.45, 7) is 4.24. The molecule has 0 bridgehead atoms. The third kappa shape index (κ3) is 6.50. The lowest BCUT2D eigenvalue weighted by molar-refractivity contribution is -0.149. The summed E-state index contributed by atoms with van der Waals surface area (Å²) < 4.78 is 26.4. The zero-order valence-electron chi connectivity index (χ0n) is 24.2. The number of carbonyl (C=O) groups excluding carboxylic acids is 1. The number of nitrogens with one attached hydrogen (secondary N) is 2. The van der Waals surface area contributed by atoms with Crippen molar-refractivity contribution >= 4 is 58.1 Å². The van der Waals surface area contributed by atoms with Gasteiger partial charge in [-0.25, -0.2) is 10.1 Å². The number of fused-ring (bicyclic) bond motifs is 2. The maximum atomic E-state index is 12.7. The molecule has 0 unspecified atom stereocenters. The van der Waals surface area contributed by atoms with Gasteiger partial charge in [0.15, 0.2) is 17.0 Å². The largest absolute Gasteiger partial charge is 0.462 e. The molecule has 0 radical (unpaired) electrons. The van der Waals surface area contributed by atoms with E-state index >= 15 is 0 Å². The van der Waals surface area contributed by atoms with Crippen molar-refractivity contribution in [2.24, 2.45) is 5.92 Å². The molecule has 1 aliphatic rings. The van der Waals surface area contributed by atoms with E-state index in [9.17, 15) is 4.79 Å². The summed E-state index contributed by atoms with van der Waals surface area (Å²) >= 11 is 5.97. The van der Waals surface area contributed by atoms with Crippen molar-refractivity contribution < 1.29 is 23.3 Å². The van der Waals surface area contributed by atoms with E-state index in [0.29, 0.717) is 29.2 Å². The predicted molar refractivity (Wildman–Crippen MR) is 166 cm³/mol. The number of esters is 1. The van der Waals surface area contributed by atoms with Crippen LogP contribution in [0.3, 0.4) is 0 Å². The number of nitrogens with two attached hydrogens (primary N) is 1. The summed E-state index contributed by atoms with van der Waals surface area (Å²) in [5, 5.41) is 8.02. The summed E-state index contributed by atoms with van der Waals surface area (Å²) in [6, 6.07) is 12.8. The Kier molecular flexibility index (Phi) is 8.95. The monoisotopic (exact) mass is 613 g/mol. The molecule has 0 saturated carbocycles. The van der Waals surface area contributed by atoms with Gasteiger partial charge in [0, 0.05) is 18.4 Å². The van der Waals surface area contributed by atoms with Gasteiger partial charge < -0.3 is 29.6 Å². The molecule has 224 valence electrons. The van der Waals surface area contributed by atoms with Crippen molar-refractivity contribution in [1.29, 1.82) is 0 Å². The molecule has 4 aromatic rings. The highest BCUT2D eigenvalue weighted by Crippen LogP contribution is 2.48. The fourth-order valence-electron chi connectivity index (χ4n) is 4.96. The second-order valence-electron chi connectivity index (χ2n) is 10.6. The highest BCUT2D eigenvalue weighted by Gasteiger charge is 2.37. The Labute approximate surface area is 249 Å². The van der Waals surface area contributed by atoms with Crippen LogP contribution in [0.5, 0.6) is 5.75 Å². The van der Waals surface area contributed by atoms with Gasteiger partial charge >= 0.3 is 12.6 Å². The van der Waals surface area contributed by atoms with E-state index in [4.69, 9.17) is 36.1 Å². The number of nitrogen functional groups attached to an aromatic ring is 1. The molecule has 42 heavy (non-hydrogen) atoms. The van der Waals surface area contributed by atoms with E-state index in [2.05, 4.69) is 32.3 Å². The Morgan fingerprint density at radius 1 is 1.21 bits per heavy atom. The highest BCUT2D eigenvalue weighted by molar-refractivity contribution is 8.09. The van der Waals surface area contributed by atoms with Gasteiger partial charge in [0.05, 0.1) is 25.1 Å². The maximum Gasteiger partial charge on any atom is 0.323 e. The normalized spacial score (nSPS) is 21.0.